The minimum absolute atomic E-state index is 0.437. The van der Waals surface area contributed by atoms with Crippen LogP contribution in [0.25, 0.3) is 0 Å². The van der Waals surface area contributed by atoms with Crippen LogP contribution in [0, 0.1) is 0 Å². The molecule has 0 saturated heterocycles. The van der Waals surface area contributed by atoms with Crippen molar-refractivity contribution in [1.29, 1.82) is 0 Å². The average molecular weight is 313 g/mol. The second-order valence-corrected chi connectivity index (χ2v) is 7.09. The molecule has 0 radical (unpaired) electrons. The van der Waals surface area contributed by atoms with E-state index < -0.39 is 5.91 Å². The summed E-state index contributed by atoms with van der Waals surface area (Å²) in [6.45, 7) is 0. The van der Waals surface area contributed by atoms with Crippen molar-refractivity contribution in [3.63, 3.8) is 0 Å². The van der Waals surface area contributed by atoms with Crippen LogP contribution in [0.4, 0.5) is 10.7 Å². The van der Waals surface area contributed by atoms with E-state index in [0.717, 1.165) is 9.90 Å². The first-order valence-electron chi connectivity index (χ1n) is 7.16. The van der Waals surface area contributed by atoms with Gasteiger partial charge in [0.15, 0.2) is 0 Å². The summed E-state index contributed by atoms with van der Waals surface area (Å²) in [5, 5.41) is 4.60. The maximum absolute atomic E-state index is 11.4. The van der Waals surface area contributed by atoms with E-state index in [2.05, 4.69) is 5.32 Å². The van der Waals surface area contributed by atoms with E-state index >= 15 is 0 Å². The van der Waals surface area contributed by atoms with Gasteiger partial charge in [0.25, 0.3) is 5.91 Å². The number of primary amides is 1. The number of carbonyl (C=O) groups is 1. The number of amides is 1. The summed E-state index contributed by atoms with van der Waals surface area (Å²) < 4.78 is 0. The smallest absolute Gasteiger partial charge is 0.261 e. The Labute approximate surface area is 128 Å². The van der Waals surface area contributed by atoms with Crippen LogP contribution in [0.15, 0.2) is 4.90 Å². The third kappa shape index (κ3) is 3.61. The van der Waals surface area contributed by atoms with Gasteiger partial charge in [0.2, 0.25) is 0 Å². The van der Waals surface area contributed by atoms with E-state index in [1.807, 2.05) is 6.26 Å². The van der Waals surface area contributed by atoms with E-state index in [0.29, 0.717) is 16.6 Å². The maximum Gasteiger partial charge on any atom is 0.261 e. The first-order chi connectivity index (χ1) is 9.63. The molecule has 20 heavy (non-hydrogen) atoms. The van der Waals surface area contributed by atoms with E-state index in [1.165, 1.54) is 56.3 Å². The first kappa shape index (κ1) is 15.5. The van der Waals surface area contributed by atoms with Crippen LogP contribution in [0.2, 0.25) is 0 Å². The topological polar surface area (TPSA) is 81.1 Å². The summed E-state index contributed by atoms with van der Waals surface area (Å²) >= 11 is 2.97. The van der Waals surface area contributed by atoms with Crippen molar-refractivity contribution in [2.24, 2.45) is 5.73 Å². The molecule has 1 aromatic heterocycles. The van der Waals surface area contributed by atoms with Crippen LogP contribution in [-0.4, -0.2) is 18.2 Å². The molecule has 1 heterocycles. The van der Waals surface area contributed by atoms with Crippen LogP contribution in [0.3, 0.4) is 0 Å². The third-order valence-corrected chi connectivity index (χ3v) is 5.88. The van der Waals surface area contributed by atoms with Gasteiger partial charge in [-0.2, -0.15) is 0 Å². The second kappa shape index (κ2) is 7.22. The number of thiophene rings is 1. The van der Waals surface area contributed by atoms with E-state index in [4.69, 9.17) is 11.5 Å². The first-order valence-corrected chi connectivity index (χ1v) is 9.20. The standard InChI is InChI=1S/C14H23N3OS2/c1-19-12-10(15)11(13(16)18)20-14(12)17-9-7-5-3-2-4-6-8-9/h9,17H,2-8,15H2,1H3,(H2,16,18). The third-order valence-electron chi connectivity index (χ3n) is 3.77. The van der Waals surface area contributed by atoms with Crippen LogP contribution >= 0.6 is 23.1 Å². The minimum atomic E-state index is -0.437. The van der Waals surface area contributed by atoms with E-state index in [-0.39, 0.29) is 0 Å². The summed E-state index contributed by atoms with van der Waals surface area (Å²) in [5.74, 6) is -0.437. The van der Waals surface area contributed by atoms with Gasteiger partial charge in [-0.25, -0.2) is 0 Å². The van der Waals surface area contributed by atoms with Gasteiger partial charge >= 0.3 is 0 Å². The van der Waals surface area contributed by atoms with Crippen molar-refractivity contribution < 1.29 is 4.79 Å². The zero-order valence-electron chi connectivity index (χ0n) is 11.9. The SMILES string of the molecule is CSc1c(NC2CCCCCCC2)sc(C(N)=O)c1N. The fourth-order valence-corrected chi connectivity index (χ4v) is 4.65. The highest BCUT2D eigenvalue weighted by Crippen LogP contribution is 2.42. The largest absolute Gasteiger partial charge is 0.396 e. The van der Waals surface area contributed by atoms with Crippen LogP contribution in [0.1, 0.15) is 54.6 Å². The Bertz CT molecular complexity index is 465. The van der Waals surface area contributed by atoms with Gasteiger partial charge in [-0.3, -0.25) is 4.79 Å². The Morgan fingerprint density at radius 2 is 1.85 bits per heavy atom. The number of hydrogen-bond acceptors (Lipinski definition) is 5. The molecule has 4 nitrogen and oxygen atoms in total. The molecule has 0 spiro atoms. The number of nitrogen functional groups attached to an aromatic ring is 1. The Kier molecular flexibility index (Phi) is 5.60. The number of rotatable bonds is 4. The molecule has 2 rings (SSSR count). The number of hydrogen-bond donors (Lipinski definition) is 3. The number of anilines is 2. The number of thioether (sulfide) groups is 1. The lowest BCUT2D eigenvalue weighted by Gasteiger charge is -2.21. The van der Waals surface area contributed by atoms with Crippen molar-refractivity contribution in [2.45, 2.75) is 55.9 Å². The van der Waals surface area contributed by atoms with Gasteiger partial charge in [-0.1, -0.05) is 32.1 Å². The van der Waals surface area contributed by atoms with Gasteiger partial charge in [0.05, 0.1) is 10.6 Å². The van der Waals surface area contributed by atoms with Gasteiger partial charge in [-0.05, 0) is 19.1 Å². The lowest BCUT2D eigenvalue weighted by Crippen LogP contribution is -2.20. The van der Waals surface area contributed by atoms with Gasteiger partial charge in [0, 0.05) is 6.04 Å². The summed E-state index contributed by atoms with van der Waals surface area (Å²) in [7, 11) is 0. The molecule has 0 unspecified atom stereocenters. The molecule has 1 aromatic rings. The van der Waals surface area contributed by atoms with Crippen LogP contribution < -0.4 is 16.8 Å². The molecule has 5 N–H and O–H groups in total. The van der Waals surface area contributed by atoms with Gasteiger partial charge in [0.1, 0.15) is 9.88 Å². The highest BCUT2D eigenvalue weighted by atomic mass is 32.2. The van der Waals surface area contributed by atoms with Crippen LogP contribution in [-0.2, 0) is 0 Å². The fourth-order valence-electron chi connectivity index (χ4n) is 2.70. The van der Waals surface area contributed by atoms with Crippen molar-refractivity contribution in [2.75, 3.05) is 17.3 Å². The fraction of sp³-hybridized carbons (Fsp3) is 0.643. The minimum Gasteiger partial charge on any atom is -0.396 e. The summed E-state index contributed by atoms with van der Waals surface area (Å²) in [5.41, 5.74) is 11.9. The molecule has 1 aliphatic rings. The maximum atomic E-state index is 11.4. The zero-order valence-corrected chi connectivity index (χ0v) is 13.5. The van der Waals surface area contributed by atoms with Crippen molar-refractivity contribution in [3.05, 3.63) is 4.88 Å². The number of nitrogens with one attached hydrogen (secondary N) is 1. The molecule has 112 valence electrons. The highest BCUT2D eigenvalue weighted by molar-refractivity contribution is 7.99. The Balaban J connectivity index is 2.14. The summed E-state index contributed by atoms with van der Waals surface area (Å²) in [4.78, 5) is 12.8. The predicted octanol–water partition coefficient (Wildman–Crippen LogP) is 3.68. The van der Waals surface area contributed by atoms with Crippen molar-refractivity contribution in [3.8, 4) is 0 Å². The zero-order chi connectivity index (χ0) is 14.5. The molecule has 0 atom stereocenters. The number of carbonyl (C=O) groups excluding carboxylic acids is 1. The lowest BCUT2D eigenvalue weighted by atomic mass is 9.97. The molecule has 6 heteroatoms. The quantitative estimate of drug-likeness (QED) is 0.741. The Morgan fingerprint density at radius 3 is 2.40 bits per heavy atom. The number of nitrogens with two attached hydrogens (primary N) is 2. The van der Waals surface area contributed by atoms with E-state index in [9.17, 15) is 4.79 Å². The molecule has 1 saturated carbocycles. The Hall–Kier alpha value is -0.880. The van der Waals surface area contributed by atoms with Crippen molar-refractivity contribution in [1.82, 2.24) is 0 Å². The van der Waals surface area contributed by atoms with Crippen molar-refractivity contribution >= 4 is 39.7 Å². The normalized spacial score (nSPS) is 17.4. The Morgan fingerprint density at radius 1 is 1.25 bits per heavy atom. The van der Waals surface area contributed by atoms with Gasteiger partial charge in [-0.15, -0.1) is 23.1 Å². The predicted molar refractivity (Wildman–Crippen MR) is 88.8 cm³/mol. The molecule has 0 aliphatic heterocycles. The molecule has 0 bridgehead atoms. The molecule has 0 aromatic carbocycles. The summed E-state index contributed by atoms with van der Waals surface area (Å²) in [6.07, 6.45) is 10.9. The average Bonchev–Trinajstić information content (AvgIpc) is 2.69. The molecular weight excluding hydrogens is 290 g/mol. The van der Waals surface area contributed by atoms with E-state index in [1.54, 1.807) is 11.8 Å². The summed E-state index contributed by atoms with van der Waals surface area (Å²) in [6, 6.07) is 0.486. The van der Waals surface area contributed by atoms with Crippen LogP contribution in [0.5, 0.6) is 0 Å². The monoisotopic (exact) mass is 313 g/mol. The molecule has 1 aliphatic carbocycles. The second-order valence-electron chi connectivity index (χ2n) is 5.26. The molecule has 1 fully saturated rings. The molecular formula is C14H23N3OS2. The highest BCUT2D eigenvalue weighted by Gasteiger charge is 2.21. The lowest BCUT2D eigenvalue weighted by molar-refractivity contribution is 0.100. The van der Waals surface area contributed by atoms with Gasteiger partial charge < -0.3 is 16.8 Å². The molecule has 1 amide bonds.